The van der Waals surface area contributed by atoms with Gasteiger partial charge in [-0.05, 0) is 0 Å². The van der Waals surface area contributed by atoms with Crippen molar-refractivity contribution in [2.75, 3.05) is 0 Å². The van der Waals surface area contributed by atoms with E-state index in [9.17, 15) is 0 Å². The molecule has 0 aromatic carbocycles. The molecule has 1 nitrogen and oxygen atoms in total. The molecule has 0 aliphatic rings. The van der Waals surface area contributed by atoms with Gasteiger partial charge in [-0.15, -0.1) is 0 Å². The van der Waals surface area contributed by atoms with Gasteiger partial charge in [0.2, 0.25) is 0 Å². The predicted octanol–water partition coefficient (Wildman–Crippen LogP) is -4.76. The van der Waals surface area contributed by atoms with Gasteiger partial charge in [-0.1, -0.05) is 0 Å². The Morgan fingerprint density at radius 1 is 1.00 bits per heavy atom. The number of rotatable bonds is 0. The molecule has 5 heavy (non-hydrogen) atoms. The molecule has 0 saturated heterocycles. The van der Waals surface area contributed by atoms with Gasteiger partial charge in [0.15, 0.2) is 17.4 Å². The third-order valence-corrected chi connectivity index (χ3v) is 0. The van der Waals surface area contributed by atoms with Crippen molar-refractivity contribution < 1.29 is 5.48 Å². The number of hydrogen-bond donors (Lipinski definition) is 0. The van der Waals surface area contributed by atoms with Gasteiger partial charge < -0.3 is 5.48 Å². The fourth-order valence-corrected chi connectivity index (χ4v) is 0. The summed E-state index contributed by atoms with van der Waals surface area (Å²) < 4.78 is 0. The summed E-state index contributed by atoms with van der Waals surface area (Å²) >= 11 is 0. The Bertz CT molecular complexity index is 11.6. The predicted molar refractivity (Wildman–Crippen MR) is 39.2 cm³/mol. The normalized spacial score (nSPS) is 0. The Hall–Kier alpha value is 4.80. The zero-order valence-electron chi connectivity index (χ0n) is 0.500. The summed E-state index contributed by atoms with van der Waals surface area (Å²) in [5.74, 6) is 0. The van der Waals surface area contributed by atoms with Crippen LogP contribution in [0.5, 0.6) is 0 Å². The van der Waals surface area contributed by atoms with Crippen molar-refractivity contribution in [3.05, 3.63) is 0 Å². The molecule has 0 spiro atoms. The Balaban J connectivity index is 0. The van der Waals surface area contributed by atoms with Crippen molar-refractivity contribution in [2.24, 2.45) is 0 Å². The molecule has 0 bridgehead atoms. The van der Waals surface area contributed by atoms with E-state index >= 15 is 0 Å². The van der Waals surface area contributed by atoms with Crippen molar-refractivity contribution in [3.8, 4) is 0 Å². The third kappa shape index (κ3) is 17.7. The van der Waals surface area contributed by atoms with Crippen molar-refractivity contribution in [3.63, 3.8) is 0 Å². The van der Waals surface area contributed by atoms with Crippen LogP contribution in [0.25, 0.3) is 0 Å². The van der Waals surface area contributed by atoms with E-state index in [0.29, 0.717) is 0 Å². The maximum atomic E-state index is 0. The molecule has 0 aliphatic carbocycles. The van der Waals surface area contributed by atoms with Crippen molar-refractivity contribution in [2.45, 2.75) is 0 Å². The molecule has 0 aromatic heterocycles. The topological polar surface area (TPSA) is 31.5 Å². The Labute approximate surface area is 150 Å². The van der Waals surface area contributed by atoms with Crippen LogP contribution in [0.2, 0.25) is 0 Å². The van der Waals surface area contributed by atoms with Gasteiger partial charge in [0.25, 0.3) is 0 Å². The average molecular weight is 319 g/mol. The fraction of sp³-hybridized carbons (Fsp3) is 0. The van der Waals surface area contributed by atoms with Crippen LogP contribution in [0.4, 0.5) is 0 Å². The van der Waals surface area contributed by atoms with Gasteiger partial charge >= 0.3 is 132 Å². The van der Waals surface area contributed by atoms with Crippen LogP contribution in [-0.4, -0.2) is 155 Å². The van der Waals surface area contributed by atoms with Crippen LogP contribution in [0.15, 0.2) is 0 Å². The minimum absolute atomic E-state index is 0. The molecular weight excluding hydrogens is 308 g/mol. The van der Waals surface area contributed by atoms with E-state index in [1.165, 1.54) is 0 Å². The van der Waals surface area contributed by atoms with Gasteiger partial charge in [0, 0.05) is 0 Å². The van der Waals surface area contributed by atoms with E-state index in [1.54, 1.807) is 0 Å². The van der Waals surface area contributed by atoms with Crippen LogP contribution in [0, 0.1) is 0 Å². The quantitative estimate of drug-likeness (QED) is 0.402. The van der Waals surface area contributed by atoms with E-state index in [2.05, 4.69) is 0 Å². The molecule has 0 aromatic rings. The molecule has 5 heteroatoms. The molecule has 0 unspecified atom stereocenters. The molecular formula is H11AlBaCaOSr. The summed E-state index contributed by atoms with van der Waals surface area (Å²) in [6.45, 7) is 0. The first-order valence-corrected chi connectivity index (χ1v) is 0. The molecule has 0 radical (unpaired) electrons. The van der Waals surface area contributed by atoms with E-state index in [-0.39, 0.29) is 155 Å². The van der Waals surface area contributed by atoms with E-state index in [1.807, 2.05) is 0 Å². The number of hydrogen-bond acceptors (Lipinski definition) is 0. The minimum atomic E-state index is 0. The van der Waals surface area contributed by atoms with Crippen molar-refractivity contribution >= 4 is 149 Å². The van der Waals surface area contributed by atoms with Gasteiger partial charge in [0.1, 0.15) is 0 Å². The van der Waals surface area contributed by atoms with Gasteiger partial charge in [-0.3, -0.25) is 0 Å². The van der Waals surface area contributed by atoms with Gasteiger partial charge in [-0.25, -0.2) is 0 Å². The average Bonchev–Trinajstić information content (AvgIpc) is 0. The van der Waals surface area contributed by atoms with Crippen LogP contribution < -0.4 is 0 Å². The zero-order valence-corrected chi connectivity index (χ0v) is 0.500. The first-order chi connectivity index (χ1) is 0. The SMILES string of the molecule is O.[AlH3].[BaH2].[CaH2].[SrH2]. The molecule has 0 aliphatic heterocycles. The van der Waals surface area contributed by atoms with E-state index in [0.717, 1.165) is 0 Å². The maximum absolute atomic E-state index is 0. The molecule has 26 valence electrons. The molecule has 0 atom stereocenters. The Morgan fingerprint density at radius 2 is 1.00 bits per heavy atom. The second kappa shape index (κ2) is 23.2. The third-order valence-electron chi connectivity index (χ3n) is 0. The van der Waals surface area contributed by atoms with E-state index < -0.39 is 0 Å². The second-order valence-electron chi connectivity index (χ2n) is 0. The summed E-state index contributed by atoms with van der Waals surface area (Å²) in [7, 11) is 0. The zero-order chi connectivity index (χ0) is 0. The summed E-state index contributed by atoms with van der Waals surface area (Å²) in [6.07, 6.45) is 0. The first kappa shape index (κ1) is 32.9. The summed E-state index contributed by atoms with van der Waals surface area (Å²) in [5.41, 5.74) is 0. The van der Waals surface area contributed by atoms with Gasteiger partial charge in [0.05, 0.1) is 0 Å². The van der Waals surface area contributed by atoms with Crippen LogP contribution >= 0.6 is 0 Å². The molecule has 0 amide bonds. The first-order valence-electron chi connectivity index (χ1n) is 0. The van der Waals surface area contributed by atoms with Crippen molar-refractivity contribution in [1.29, 1.82) is 0 Å². The molecule has 0 fully saturated rings. The molecule has 2 N–H and O–H groups in total. The summed E-state index contributed by atoms with van der Waals surface area (Å²) in [6, 6.07) is 0. The fourth-order valence-electron chi connectivity index (χ4n) is 0. The van der Waals surface area contributed by atoms with Crippen molar-refractivity contribution in [1.82, 2.24) is 0 Å². The summed E-state index contributed by atoms with van der Waals surface area (Å²) in [5, 5.41) is 0. The van der Waals surface area contributed by atoms with E-state index in [4.69, 9.17) is 0 Å². The van der Waals surface area contributed by atoms with Gasteiger partial charge in [-0.2, -0.15) is 0 Å². The van der Waals surface area contributed by atoms with Crippen LogP contribution in [0.3, 0.4) is 0 Å². The Kier molecular flexibility index (Phi) is 153. The summed E-state index contributed by atoms with van der Waals surface area (Å²) in [4.78, 5) is 0. The molecule has 0 rings (SSSR count). The molecule has 0 saturated carbocycles. The van der Waals surface area contributed by atoms with Crippen LogP contribution in [0.1, 0.15) is 0 Å². The van der Waals surface area contributed by atoms with Crippen LogP contribution in [-0.2, 0) is 0 Å². The molecule has 0 heterocycles. The standard InChI is InChI=1S/Al.Ba.Ca.H2O.Sr.9H/h;;;1H2;;;;;;;;;;. The second-order valence-corrected chi connectivity index (χ2v) is 0. The monoisotopic (exact) mass is 320 g/mol. The Morgan fingerprint density at radius 3 is 1.00 bits per heavy atom.